The van der Waals surface area contributed by atoms with E-state index >= 15 is 0 Å². The highest BCUT2D eigenvalue weighted by molar-refractivity contribution is 7.91. The summed E-state index contributed by atoms with van der Waals surface area (Å²) >= 11 is 0. The van der Waals surface area contributed by atoms with Crippen molar-refractivity contribution in [3.8, 4) is 11.9 Å². The van der Waals surface area contributed by atoms with Gasteiger partial charge in [0.15, 0.2) is 0 Å². The maximum Gasteiger partial charge on any atom is 0.231 e. The van der Waals surface area contributed by atoms with Crippen molar-refractivity contribution in [2.24, 2.45) is 0 Å². The van der Waals surface area contributed by atoms with Crippen LogP contribution >= 0.6 is 0 Å². The van der Waals surface area contributed by atoms with E-state index in [0.717, 1.165) is 5.69 Å². The van der Waals surface area contributed by atoms with Crippen LogP contribution < -0.4 is 4.74 Å². The summed E-state index contributed by atoms with van der Waals surface area (Å²) in [5, 5.41) is 8.87. The highest BCUT2D eigenvalue weighted by atomic mass is 32.2. The molecule has 0 atom stereocenters. The summed E-state index contributed by atoms with van der Waals surface area (Å²) in [7, 11) is -1.39. The van der Waals surface area contributed by atoms with E-state index in [2.05, 4.69) is 4.98 Å². The highest BCUT2D eigenvalue weighted by Crippen LogP contribution is 2.29. The number of pyridine rings is 1. The number of hydrogen-bond donors (Lipinski definition) is 0. The quantitative estimate of drug-likeness (QED) is 0.805. The van der Waals surface area contributed by atoms with Crippen molar-refractivity contribution in [1.29, 1.82) is 5.26 Å². The summed E-state index contributed by atoms with van der Waals surface area (Å²) in [5.74, 6) is 0.863. The molecule has 0 spiro atoms. The fourth-order valence-corrected chi connectivity index (χ4v) is 3.60. The van der Waals surface area contributed by atoms with Crippen molar-refractivity contribution in [1.82, 2.24) is 4.98 Å². The lowest BCUT2D eigenvalue weighted by molar-refractivity contribution is 0.392. The molecule has 0 bridgehead atoms. The van der Waals surface area contributed by atoms with Gasteiger partial charge >= 0.3 is 0 Å². The fourth-order valence-electron chi connectivity index (χ4n) is 2.11. The Balaban J connectivity index is 2.23. The van der Waals surface area contributed by atoms with Gasteiger partial charge in [0.1, 0.15) is 21.5 Å². The maximum absolute atomic E-state index is 11.4. The second kappa shape index (κ2) is 4.94. The van der Waals surface area contributed by atoms with Crippen molar-refractivity contribution in [3.05, 3.63) is 23.4 Å². The first kappa shape index (κ1) is 12.8. The third-order valence-corrected chi connectivity index (χ3v) is 4.88. The minimum atomic E-state index is -2.86. The number of ether oxygens (including phenoxy) is 1. The van der Waals surface area contributed by atoms with Gasteiger partial charge in [0, 0.05) is 11.6 Å². The first-order valence-corrected chi connectivity index (χ1v) is 7.53. The van der Waals surface area contributed by atoms with Gasteiger partial charge in [-0.2, -0.15) is 5.26 Å². The topological polar surface area (TPSA) is 80.0 Å². The zero-order chi connectivity index (χ0) is 13.2. The van der Waals surface area contributed by atoms with Crippen LogP contribution in [0.2, 0.25) is 0 Å². The Labute approximate surface area is 106 Å². The van der Waals surface area contributed by atoms with Gasteiger partial charge in [-0.3, -0.25) is 0 Å². The molecule has 0 amide bonds. The van der Waals surface area contributed by atoms with Gasteiger partial charge < -0.3 is 4.74 Å². The second-order valence-electron chi connectivity index (χ2n) is 4.33. The van der Waals surface area contributed by atoms with Gasteiger partial charge in [0.25, 0.3) is 0 Å². The molecule has 1 fully saturated rings. The van der Waals surface area contributed by atoms with Crippen LogP contribution in [0.3, 0.4) is 0 Å². The molecule has 0 radical (unpaired) electrons. The molecule has 1 aliphatic heterocycles. The minimum Gasteiger partial charge on any atom is -0.480 e. The van der Waals surface area contributed by atoms with Crippen LogP contribution in [0.5, 0.6) is 5.88 Å². The number of nitriles is 1. The van der Waals surface area contributed by atoms with Crippen LogP contribution in [0.1, 0.15) is 30.0 Å². The van der Waals surface area contributed by atoms with Crippen molar-refractivity contribution >= 4 is 9.84 Å². The van der Waals surface area contributed by atoms with Crippen molar-refractivity contribution in [2.75, 3.05) is 18.6 Å². The van der Waals surface area contributed by atoms with Gasteiger partial charge in [0.05, 0.1) is 18.6 Å². The van der Waals surface area contributed by atoms with Gasteiger partial charge in [-0.15, -0.1) is 0 Å². The minimum absolute atomic E-state index is 0.134. The summed E-state index contributed by atoms with van der Waals surface area (Å²) in [4.78, 5) is 4.29. The third-order valence-electron chi connectivity index (χ3n) is 3.17. The van der Waals surface area contributed by atoms with E-state index in [4.69, 9.17) is 10.00 Å². The molecule has 6 heteroatoms. The van der Waals surface area contributed by atoms with Crippen molar-refractivity contribution < 1.29 is 13.2 Å². The zero-order valence-electron chi connectivity index (χ0n) is 10.1. The molecule has 96 valence electrons. The van der Waals surface area contributed by atoms with E-state index in [1.54, 1.807) is 12.1 Å². The molecule has 2 heterocycles. The van der Waals surface area contributed by atoms with E-state index in [-0.39, 0.29) is 17.4 Å². The van der Waals surface area contributed by atoms with Gasteiger partial charge in [-0.1, -0.05) is 0 Å². The average molecular weight is 266 g/mol. The monoisotopic (exact) mass is 266 g/mol. The number of sulfone groups is 1. The van der Waals surface area contributed by atoms with E-state index < -0.39 is 9.84 Å². The summed E-state index contributed by atoms with van der Waals surface area (Å²) < 4.78 is 27.8. The molecule has 18 heavy (non-hydrogen) atoms. The molecule has 1 saturated heterocycles. The smallest absolute Gasteiger partial charge is 0.231 e. The molecule has 1 aliphatic rings. The standard InChI is InChI=1S/C12H14N2O3S/c1-17-12-10(8-13)2-3-11(14-12)9-4-6-18(15,16)7-5-9/h2-3,9H,4-7H2,1H3. The normalized spacial score (nSPS) is 19.1. The van der Waals surface area contributed by atoms with Gasteiger partial charge in [0.2, 0.25) is 5.88 Å². The van der Waals surface area contributed by atoms with E-state index in [9.17, 15) is 8.42 Å². The predicted molar refractivity (Wildman–Crippen MR) is 66.1 cm³/mol. The number of methoxy groups -OCH3 is 1. The first-order valence-electron chi connectivity index (χ1n) is 5.71. The molecule has 5 nitrogen and oxygen atoms in total. The fraction of sp³-hybridized carbons (Fsp3) is 0.500. The number of aromatic nitrogens is 1. The molecule has 0 N–H and O–H groups in total. The molecular formula is C12H14N2O3S. The lowest BCUT2D eigenvalue weighted by atomic mass is 9.98. The molecule has 0 saturated carbocycles. The Morgan fingerprint density at radius 3 is 2.61 bits per heavy atom. The molecule has 0 aromatic carbocycles. The molecule has 0 unspecified atom stereocenters. The van der Waals surface area contributed by atoms with Crippen LogP contribution in [0.15, 0.2) is 12.1 Å². The Kier molecular flexibility index (Phi) is 3.53. The first-order chi connectivity index (χ1) is 8.55. The largest absolute Gasteiger partial charge is 0.480 e. The van der Waals surface area contributed by atoms with Gasteiger partial charge in [-0.25, -0.2) is 13.4 Å². The summed E-state index contributed by atoms with van der Waals surface area (Å²) in [6, 6.07) is 5.46. The Morgan fingerprint density at radius 2 is 2.06 bits per heavy atom. The Morgan fingerprint density at radius 1 is 1.39 bits per heavy atom. The van der Waals surface area contributed by atoms with E-state index in [1.165, 1.54) is 7.11 Å². The second-order valence-corrected chi connectivity index (χ2v) is 6.63. The lowest BCUT2D eigenvalue weighted by Gasteiger charge is -2.21. The third kappa shape index (κ3) is 2.62. The average Bonchev–Trinajstić information content (AvgIpc) is 2.38. The van der Waals surface area contributed by atoms with E-state index in [0.29, 0.717) is 24.3 Å². The van der Waals surface area contributed by atoms with Crippen molar-refractivity contribution in [3.63, 3.8) is 0 Å². The van der Waals surface area contributed by atoms with Crippen LogP contribution in [0.4, 0.5) is 0 Å². The number of rotatable bonds is 2. The summed E-state index contributed by atoms with van der Waals surface area (Å²) in [6.45, 7) is 0. The van der Waals surface area contributed by atoms with Crippen LogP contribution in [0.25, 0.3) is 0 Å². The SMILES string of the molecule is COc1nc(C2CCS(=O)(=O)CC2)ccc1C#N. The molecule has 2 rings (SSSR count). The lowest BCUT2D eigenvalue weighted by Crippen LogP contribution is -2.22. The summed E-state index contributed by atoms with van der Waals surface area (Å²) in [6.07, 6.45) is 1.18. The predicted octanol–water partition coefficient (Wildman–Crippen LogP) is 1.25. The van der Waals surface area contributed by atoms with Gasteiger partial charge in [-0.05, 0) is 25.0 Å². The maximum atomic E-state index is 11.4. The number of nitrogens with zero attached hydrogens (tertiary/aromatic N) is 2. The highest BCUT2D eigenvalue weighted by Gasteiger charge is 2.26. The summed E-state index contributed by atoms with van der Waals surface area (Å²) in [5.41, 5.74) is 1.20. The zero-order valence-corrected chi connectivity index (χ0v) is 10.9. The van der Waals surface area contributed by atoms with E-state index in [1.807, 2.05) is 6.07 Å². The Hall–Kier alpha value is -1.61. The Bertz CT molecular complexity index is 576. The van der Waals surface area contributed by atoms with Crippen LogP contribution in [-0.2, 0) is 9.84 Å². The number of hydrogen-bond acceptors (Lipinski definition) is 5. The molecule has 1 aromatic rings. The molecule has 1 aromatic heterocycles. The molecular weight excluding hydrogens is 252 g/mol. The van der Waals surface area contributed by atoms with Crippen LogP contribution in [0, 0.1) is 11.3 Å². The molecule has 0 aliphatic carbocycles. The van der Waals surface area contributed by atoms with Crippen LogP contribution in [-0.4, -0.2) is 32.0 Å². The van der Waals surface area contributed by atoms with Crippen molar-refractivity contribution in [2.45, 2.75) is 18.8 Å².